The highest BCUT2D eigenvalue weighted by atomic mass is 19.4. The van der Waals surface area contributed by atoms with Crippen LogP contribution in [0.1, 0.15) is 50.2 Å². The number of rotatable bonds is 7. The van der Waals surface area contributed by atoms with Crippen molar-refractivity contribution in [1.29, 1.82) is 0 Å². The van der Waals surface area contributed by atoms with Crippen molar-refractivity contribution in [2.75, 3.05) is 26.7 Å². The summed E-state index contributed by atoms with van der Waals surface area (Å²) in [5.74, 6) is 0.357. The lowest BCUT2D eigenvalue weighted by Crippen LogP contribution is -2.48. The molecule has 8 nitrogen and oxygen atoms in total. The number of alkyl carbamates (subject to hydrolysis) is 1. The van der Waals surface area contributed by atoms with Crippen LogP contribution in [-0.4, -0.2) is 53.3 Å². The molecule has 2 atom stereocenters. The largest absolute Gasteiger partial charge is 0.445 e. The van der Waals surface area contributed by atoms with E-state index in [-0.39, 0.29) is 42.1 Å². The number of hydrogen-bond donors (Lipinski definition) is 1. The lowest BCUT2D eigenvalue weighted by molar-refractivity contribution is -0.137. The number of hydrogen-bond acceptors (Lipinski definition) is 6. The van der Waals surface area contributed by atoms with Crippen LogP contribution in [0.3, 0.4) is 0 Å². The van der Waals surface area contributed by atoms with E-state index in [0.717, 1.165) is 17.7 Å². The molecule has 0 radical (unpaired) electrons. The maximum absolute atomic E-state index is 13.6. The van der Waals surface area contributed by atoms with Gasteiger partial charge in [-0.1, -0.05) is 51.1 Å². The molecule has 40 heavy (non-hydrogen) atoms. The summed E-state index contributed by atoms with van der Waals surface area (Å²) in [5.41, 5.74) is -0.753. The first kappa shape index (κ1) is 29.5. The van der Waals surface area contributed by atoms with E-state index in [1.54, 1.807) is 0 Å². The highest BCUT2D eigenvalue weighted by Gasteiger charge is 2.36. The fourth-order valence-corrected chi connectivity index (χ4v) is 4.81. The van der Waals surface area contributed by atoms with Crippen molar-refractivity contribution in [2.45, 2.75) is 58.7 Å². The average molecular weight is 561 g/mol. The van der Waals surface area contributed by atoms with Gasteiger partial charge in [-0.15, -0.1) is 0 Å². The first-order chi connectivity index (χ1) is 18.8. The average Bonchev–Trinajstić information content (AvgIpc) is 2.89. The van der Waals surface area contributed by atoms with Crippen molar-refractivity contribution in [2.24, 2.45) is 5.41 Å². The van der Waals surface area contributed by atoms with Gasteiger partial charge < -0.3 is 14.8 Å². The summed E-state index contributed by atoms with van der Waals surface area (Å²) >= 11 is 0. The third-order valence-corrected chi connectivity index (χ3v) is 6.78. The van der Waals surface area contributed by atoms with Gasteiger partial charge in [0.1, 0.15) is 18.5 Å². The summed E-state index contributed by atoms with van der Waals surface area (Å²) in [6, 6.07) is 12.1. The summed E-state index contributed by atoms with van der Waals surface area (Å²) in [7, 11) is 1.93. The van der Waals surface area contributed by atoms with Gasteiger partial charge in [0.15, 0.2) is 0 Å². The van der Waals surface area contributed by atoms with Crippen LogP contribution in [-0.2, 0) is 28.8 Å². The molecule has 1 fully saturated rings. The fraction of sp³-hybridized carbons (Fsp3) is 0.483. The Morgan fingerprint density at radius 1 is 1.15 bits per heavy atom. The molecule has 1 aliphatic rings. The Kier molecular flexibility index (Phi) is 8.84. The second kappa shape index (κ2) is 12.0. The van der Waals surface area contributed by atoms with E-state index in [2.05, 4.69) is 15.2 Å². The summed E-state index contributed by atoms with van der Waals surface area (Å²) in [6.45, 7) is 7.51. The van der Waals surface area contributed by atoms with Crippen molar-refractivity contribution in [3.05, 3.63) is 75.8 Å². The summed E-state index contributed by atoms with van der Waals surface area (Å²) in [6.07, 6.45) is -5.29. The molecule has 1 saturated heterocycles. The molecule has 2 unspecified atom stereocenters. The van der Waals surface area contributed by atoms with Crippen LogP contribution in [0.15, 0.2) is 53.3 Å². The van der Waals surface area contributed by atoms with Gasteiger partial charge in [0.2, 0.25) is 0 Å². The van der Waals surface area contributed by atoms with Gasteiger partial charge in [0.05, 0.1) is 23.1 Å². The molecule has 0 saturated carbocycles. The van der Waals surface area contributed by atoms with Crippen LogP contribution in [0.25, 0.3) is 10.9 Å². The van der Waals surface area contributed by atoms with Crippen molar-refractivity contribution >= 4 is 17.0 Å². The van der Waals surface area contributed by atoms with Crippen LogP contribution in [0.4, 0.5) is 18.0 Å². The number of halogens is 3. The lowest BCUT2D eigenvalue weighted by Gasteiger charge is -2.40. The Morgan fingerprint density at radius 3 is 2.55 bits per heavy atom. The molecule has 3 aromatic rings. The molecular formula is C29H35F3N4O4. The number of carbonyl (C=O) groups is 1. The topological polar surface area (TPSA) is 85.7 Å². The quantitative estimate of drug-likeness (QED) is 0.430. The van der Waals surface area contributed by atoms with Crippen LogP contribution >= 0.6 is 0 Å². The number of morpholine rings is 1. The minimum Gasteiger partial charge on any atom is -0.445 e. The van der Waals surface area contributed by atoms with Crippen molar-refractivity contribution in [3.8, 4) is 0 Å². The second-order valence-corrected chi connectivity index (χ2v) is 11.3. The molecule has 2 aromatic carbocycles. The van der Waals surface area contributed by atoms with E-state index >= 15 is 0 Å². The minimum atomic E-state index is -4.58. The standard InChI is InChI=1S/C29H35F3N4O4/c1-28(2,3)18-36-25(34-22-11-10-20(29(30,31)32)16-21(22)26(36)37)24-23(35(4)14-15-39-24)12-13-33-27(38)40-17-19-8-6-5-7-9-19/h5-11,16,23-24H,12-15,17-18H2,1-4H3,(H,33,38). The molecule has 4 rings (SSSR count). The number of fused-ring (bicyclic) bond motifs is 1. The Bertz CT molecular complexity index is 1390. The first-order valence-corrected chi connectivity index (χ1v) is 13.2. The zero-order valence-corrected chi connectivity index (χ0v) is 23.1. The molecule has 0 spiro atoms. The number of ether oxygens (including phenoxy) is 2. The lowest BCUT2D eigenvalue weighted by atomic mass is 9.95. The van der Waals surface area contributed by atoms with Gasteiger partial charge in [-0.05, 0) is 42.6 Å². The van der Waals surface area contributed by atoms with Gasteiger partial charge >= 0.3 is 12.3 Å². The molecule has 11 heteroatoms. The molecular weight excluding hydrogens is 525 g/mol. The summed E-state index contributed by atoms with van der Waals surface area (Å²) in [4.78, 5) is 32.7. The monoisotopic (exact) mass is 560 g/mol. The van der Waals surface area contributed by atoms with E-state index in [1.807, 2.05) is 58.2 Å². The van der Waals surface area contributed by atoms with Crippen molar-refractivity contribution in [1.82, 2.24) is 19.8 Å². The number of carbonyl (C=O) groups excluding carboxylic acids is 1. The third kappa shape index (κ3) is 7.19. The number of nitrogens with one attached hydrogen (secondary N) is 1. The van der Waals surface area contributed by atoms with Gasteiger partial charge in [-0.25, -0.2) is 9.78 Å². The number of likely N-dealkylation sites (N-methyl/N-ethyl adjacent to an activating group) is 1. The second-order valence-electron chi connectivity index (χ2n) is 11.3. The molecule has 1 amide bonds. The van der Waals surface area contributed by atoms with E-state index in [9.17, 15) is 22.8 Å². The smallest absolute Gasteiger partial charge is 0.416 e. The maximum Gasteiger partial charge on any atom is 0.416 e. The number of aromatic nitrogens is 2. The normalized spacial score (nSPS) is 18.6. The van der Waals surface area contributed by atoms with Crippen LogP contribution in [0.5, 0.6) is 0 Å². The van der Waals surface area contributed by atoms with Gasteiger partial charge in [0, 0.05) is 25.7 Å². The summed E-state index contributed by atoms with van der Waals surface area (Å²) < 4.78 is 53.1. The predicted molar refractivity (Wildman–Crippen MR) is 145 cm³/mol. The van der Waals surface area contributed by atoms with E-state index in [4.69, 9.17) is 9.47 Å². The third-order valence-electron chi connectivity index (χ3n) is 6.78. The molecule has 1 N–H and O–H groups in total. The van der Waals surface area contributed by atoms with Gasteiger partial charge in [-0.3, -0.25) is 14.3 Å². The molecule has 0 aliphatic carbocycles. The molecule has 2 heterocycles. The molecule has 1 aromatic heterocycles. The SMILES string of the molecule is CN1CCOC(c2nc3ccc(C(F)(F)F)cc3c(=O)n2CC(C)(C)C)C1CCNC(=O)OCc1ccccc1. The van der Waals surface area contributed by atoms with Crippen LogP contribution < -0.4 is 10.9 Å². The minimum absolute atomic E-state index is 0.0913. The van der Waals surface area contributed by atoms with E-state index in [1.165, 1.54) is 10.6 Å². The molecule has 0 bridgehead atoms. The van der Waals surface area contributed by atoms with Gasteiger partial charge in [0.25, 0.3) is 5.56 Å². The van der Waals surface area contributed by atoms with Gasteiger partial charge in [-0.2, -0.15) is 13.2 Å². The van der Waals surface area contributed by atoms with Crippen LogP contribution in [0.2, 0.25) is 0 Å². The fourth-order valence-electron chi connectivity index (χ4n) is 4.81. The Morgan fingerprint density at radius 2 is 1.88 bits per heavy atom. The summed E-state index contributed by atoms with van der Waals surface area (Å²) in [5, 5.41) is 2.68. The van der Waals surface area contributed by atoms with E-state index in [0.29, 0.717) is 25.4 Å². The Labute approximate surface area is 231 Å². The van der Waals surface area contributed by atoms with Crippen LogP contribution in [0, 0.1) is 5.41 Å². The van der Waals surface area contributed by atoms with Crippen molar-refractivity contribution in [3.63, 3.8) is 0 Å². The zero-order valence-electron chi connectivity index (χ0n) is 23.1. The molecule has 216 valence electrons. The predicted octanol–water partition coefficient (Wildman–Crippen LogP) is 5.15. The highest BCUT2D eigenvalue weighted by Crippen LogP contribution is 2.33. The Balaban J connectivity index is 1.59. The zero-order chi connectivity index (χ0) is 29.1. The first-order valence-electron chi connectivity index (χ1n) is 13.2. The number of benzene rings is 2. The van der Waals surface area contributed by atoms with E-state index < -0.39 is 29.5 Å². The Hall–Kier alpha value is -3.44. The number of amides is 1. The number of alkyl halides is 3. The number of nitrogens with zero attached hydrogens (tertiary/aromatic N) is 3. The highest BCUT2D eigenvalue weighted by molar-refractivity contribution is 5.78. The maximum atomic E-state index is 13.6. The molecule has 1 aliphatic heterocycles. The van der Waals surface area contributed by atoms with Crippen molar-refractivity contribution < 1.29 is 27.4 Å².